The van der Waals surface area contributed by atoms with Gasteiger partial charge < -0.3 is 9.47 Å². The molecule has 0 aliphatic rings. The van der Waals surface area contributed by atoms with Crippen molar-refractivity contribution in [2.24, 2.45) is 0 Å². The van der Waals surface area contributed by atoms with Crippen molar-refractivity contribution in [1.29, 1.82) is 0 Å². The van der Waals surface area contributed by atoms with Crippen LogP contribution in [-0.2, 0) is 11.3 Å². The third-order valence-electron chi connectivity index (χ3n) is 2.90. The number of esters is 1. The zero-order chi connectivity index (χ0) is 15.2. The fourth-order valence-corrected chi connectivity index (χ4v) is 1.98. The molecule has 4 nitrogen and oxygen atoms in total. The normalized spacial score (nSPS) is 10.0. The molecule has 0 atom stereocenters. The SMILES string of the molecule is COC(=O)c1ccc(COc2cccc(Cl)c2C=O)cc1. The maximum Gasteiger partial charge on any atom is 0.337 e. The molecule has 108 valence electrons. The summed E-state index contributed by atoms with van der Waals surface area (Å²) >= 11 is 5.92. The minimum Gasteiger partial charge on any atom is -0.488 e. The molecule has 0 spiro atoms. The Morgan fingerprint density at radius 3 is 2.52 bits per heavy atom. The molecule has 0 radical (unpaired) electrons. The summed E-state index contributed by atoms with van der Waals surface area (Å²) in [5.74, 6) is 0.0371. The third-order valence-corrected chi connectivity index (χ3v) is 3.23. The molecule has 21 heavy (non-hydrogen) atoms. The Morgan fingerprint density at radius 2 is 1.90 bits per heavy atom. The second-order valence-corrected chi connectivity index (χ2v) is 4.65. The second kappa shape index (κ2) is 6.90. The van der Waals surface area contributed by atoms with Crippen LogP contribution in [0.4, 0.5) is 0 Å². The number of rotatable bonds is 5. The zero-order valence-electron chi connectivity index (χ0n) is 11.3. The van der Waals surface area contributed by atoms with Crippen molar-refractivity contribution in [2.45, 2.75) is 6.61 Å². The standard InChI is InChI=1S/C16H13ClO4/c1-20-16(19)12-7-5-11(6-8-12)10-21-15-4-2-3-14(17)13(15)9-18/h2-9H,10H2,1H3. The zero-order valence-corrected chi connectivity index (χ0v) is 12.1. The first kappa shape index (κ1) is 15.1. The summed E-state index contributed by atoms with van der Waals surface area (Å²) in [4.78, 5) is 22.3. The molecular weight excluding hydrogens is 292 g/mol. The van der Waals surface area contributed by atoms with Crippen LogP contribution in [0.1, 0.15) is 26.3 Å². The predicted molar refractivity (Wildman–Crippen MR) is 79.0 cm³/mol. The first-order valence-electron chi connectivity index (χ1n) is 6.19. The maximum atomic E-state index is 11.3. The van der Waals surface area contributed by atoms with Crippen molar-refractivity contribution in [3.63, 3.8) is 0 Å². The van der Waals surface area contributed by atoms with Gasteiger partial charge in [0.25, 0.3) is 0 Å². The van der Waals surface area contributed by atoms with E-state index in [4.69, 9.17) is 16.3 Å². The van der Waals surface area contributed by atoms with E-state index in [0.717, 1.165) is 5.56 Å². The molecule has 0 aliphatic heterocycles. The van der Waals surface area contributed by atoms with E-state index in [1.165, 1.54) is 7.11 Å². The van der Waals surface area contributed by atoms with Crippen molar-refractivity contribution in [2.75, 3.05) is 7.11 Å². The minimum absolute atomic E-state index is 0.267. The number of hydrogen-bond acceptors (Lipinski definition) is 4. The first-order valence-corrected chi connectivity index (χ1v) is 6.57. The van der Waals surface area contributed by atoms with Gasteiger partial charge in [0.2, 0.25) is 0 Å². The highest BCUT2D eigenvalue weighted by Gasteiger charge is 2.08. The van der Waals surface area contributed by atoms with Crippen LogP contribution in [0, 0.1) is 0 Å². The molecule has 2 aromatic rings. The lowest BCUT2D eigenvalue weighted by atomic mass is 10.1. The van der Waals surface area contributed by atoms with E-state index in [-0.39, 0.29) is 12.6 Å². The number of hydrogen-bond donors (Lipinski definition) is 0. The van der Waals surface area contributed by atoms with Gasteiger partial charge in [0.15, 0.2) is 6.29 Å². The Morgan fingerprint density at radius 1 is 1.19 bits per heavy atom. The molecule has 0 bridgehead atoms. The Hall–Kier alpha value is -2.33. The Labute approximate surface area is 127 Å². The molecule has 0 saturated carbocycles. The summed E-state index contributed by atoms with van der Waals surface area (Å²) in [5, 5.41) is 0.350. The van der Waals surface area contributed by atoms with Crippen LogP contribution in [-0.4, -0.2) is 19.4 Å². The van der Waals surface area contributed by atoms with E-state index in [1.54, 1.807) is 42.5 Å². The molecule has 0 heterocycles. The van der Waals surface area contributed by atoms with Gasteiger partial charge in [-0.1, -0.05) is 29.8 Å². The molecule has 0 unspecified atom stereocenters. The van der Waals surface area contributed by atoms with Crippen LogP contribution in [0.25, 0.3) is 0 Å². The van der Waals surface area contributed by atoms with Crippen molar-refractivity contribution in [3.05, 3.63) is 64.2 Å². The molecule has 5 heteroatoms. The van der Waals surface area contributed by atoms with E-state index in [0.29, 0.717) is 28.2 Å². The molecule has 2 aromatic carbocycles. The summed E-state index contributed by atoms with van der Waals surface area (Å²) in [6.07, 6.45) is 0.665. The summed E-state index contributed by atoms with van der Waals surface area (Å²) in [6, 6.07) is 11.9. The Balaban J connectivity index is 2.08. The summed E-state index contributed by atoms with van der Waals surface area (Å²) < 4.78 is 10.2. The van der Waals surface area contributed by atoms with Gasteiger partial charge >= 0.3 is 5.97 Å². The number of benzene rings is 2. The first-order chi connectivity index (χ1) is 10.2. The number of aldehydes is 1. The van der Waals surface area contributed by atoms with Crippen LogP contribution in [0.5, 0.6) is 5.75 Å². The van der Waals surface area contributed by atoms with E-state index in [9.17, 15) is 9.59 Å². The van der Waals surface area contributed by atoms with Crippen molar-refractivity contribution >= 4 is 23.9 Å². The van der Waals surface area contributed by atoms with E-state index in [2.05, 4.69) is 4.74 Å². The summed E-state index contributed by atoms with van der Waals surface area (Å²) in [5.41, 5.74) is 1.66. The lowest BCUT2D eigenvalue weighted by molar-refractivity contribution is 0.0600. The van der Waals surface area contributed by atoms with Crippen molar-refractivity contribution in [3.8, 4) is 5.75 Å². The van der Waals surface area contributed by atoms with Gasteiger partial charge in [-0.2, -0.15) is 0 Å². The van der Waals surface area contributed by atoms with Crippen LogP contribution in [0.15, 0.2) is 42.5 Å². The van der Waals surface area contributed by atoms with Crippen LogP contribution in [0.3, 0.4) is 0 Å². The fourth-order valence-electron chi connectivity index (χ4n) is 1.77. The maximum absolute atomic E-state index is 11.3. The van der Waals surface area contributed by atoms with Gasteiger partial charge in [-0.15, -0.1) is 0 Å². The van der Waals surface area contributed by atoms with E-state index < -0.39 is 0 Å². The quantitative estimate of drug-likeness (QED) is 0.626. The average molecular weight is 305 g/mol. The smallest absolute Gasteiger partial charge is 0.337 e. The number of carbonyl (C=O) groups is 2. The lowest BCUT2D eigenvalue weighted by Gasteiger charge is -2.09. The molecule has 0 fully saturated rings. The molecule has 0 N–H and O–H groups in total. The van der Waals surface area contributed by atoms with Gasteiger partial charge in [-0.25, -0.2) is 4.79 Å². The molecule has 0 aromatic heterocycles. The molecular formula is C16H13ClO4. The molecule has 0 saturated heterocycles. The monoisotopic (exact) mass is 304 g/mol. The largest absolute Gasteiger partial charge is 0.488 e. The fraction of sp³-hybridized carbons (Fsp3) is 0.125. The molecule has 2 rings (SSSR count). The highest BCUT2D eigenvalue weighted by molar-refractivity contribution is 6.33. The molecule has 0 amide bonds. The van der Waals surface area contributed by atoms with Gasteiger partial charge in [0, 0.05) is 0 Å². The van der Waals surface area contributed by atoms with Gasteiger partial charge in [0.1, 0.15) is 12.4 Å². The number of methoxy groups -OCH3 is 1. The minimum atomic E-state index is -0.388. The third kappa shape index (κ3) is 3.61. The van der Waals surface area contributed by atoms with E-state index >= 15 is 0 Å². The average Bonchev–Trinajstić information content (AvgIpc) is 2.52. The summed E-state index contributed by atoms with van der Waals surface area (Å²) in [6.45, 7) is 0.267. The van der Waals surface area contributed by atoms with Crippen molar-refractivity contribution in [1.82, 2.24) is 0 Å². The predicted octanol–water partition coefficient (Wildman–Crippen LogP) is 3.52. The number of carbonyl (C=O) groups excluding carboxylic acids is 2. The van der Waals surface area contributed by atoms with Crippen LogP contribution in [0.2, 0.25) is 5.02 Å². The molecule has 0 aliphatic carbocycles. The highest BCUT2D eigenvalue weighted by Crippen LogP contribution is 2.25. The topological polar surface area (TPSA) is 52.6 Å². The lowest BCUT2D eigenvalue weighted by Crippen LogP contribution is -2.02. The van der Waals surface area contributed by atoms with Gasteiger partial charge in [0.05, 0.1) is 23.3 Å². The van der Waals surface area contributed by atoms with Crippen molar-refractivity contribution < 1.29 is 19.1 Å². The van der Waals surface area contributed by atoms with Gasteiger partial charge in [-0.3, -0.25) is 4.79 Å². The Bertz CT molecular complexity index is 650. The second-order valence-electron chi connectivity index (χ2n) is 4.25. The summed E-state index contributed by atoms with van der Waals surface area (Å²) in [7, 11) is 1.33. The number of ether oxygens (including phenoxy) is 2. The van der Waals surface area contributed by atoms with E-state index in [1.807, 2.05) is 0 Å². The van der Waals surface area contributed by atoms with Gasteiger partial charge in [-0.05, 0) is 29.8 Å². The van der Waals surface area contributed by atoms with Crippen LogP contribution < -0.4 is 4.74 Å². The highest BCUT2D eigenvalue weighted by atomic mass is 35.5. The Kier molecular flexibility index (Phi) is 4.95. The van der Waals surface area contributed by atoms with Crippen LogP contribution >= 0.6 is 11.6 Å². The number of halogens is 1.